The van der Waals surface area contributed by atoms with Crippen molar-refractivity contribution in [3.05, 3.63) is 323 Å². The predicted molar refractivity (Wildman–Crippen MR) is 387 cm³/mol. The highest BCUT2D eigenvalue weighted by Crippen LogP contribution is 2.54. The molecule has 0 amide bonds. The van der Waals surface area contributed by atoms with Crippen molar-refractivity contribution in [1.29, 1.82) is 0 Å². The Morgan fingerprint density at radius 1 is 0.267 bits per heavy atom. The van der Waals surface area contributed by atoms with Crippen LogP contribution >= 0.6 is 0 Å². The van der Waals surface area contributed by atoms with Gasteiger partial charge in [0.05, 0.1) is 11.4 Å². The molecule has 428 valence electrons. The zero-order chi connectivity index (χ0) is 60.6. The van der Waals surface area contributed by atoms with Crippen LogP contribution in [0, 0.1) is 13.8 Å². The molecule has 0 N–H and O–H groups in total. The zero-order valence-corrected chi connectivity index (χ0v) is 51.6. The van der Waals surface area contributed by atoms with Gasteiger partial charge in [0.1, 0.15) is 0 Å². The largest absolute Gasteiger partial charge is 0.310 e. The average Bonchev–Trinajstić information content (AvgIpc) is 1.13. The smallest absolute Gasteiger partial charge is 0.0540 e. The number of anilines is 6. The molecule has 17 rings (SSSR count). The van der Waals surface area contributed by atoms with Crippen molar-refractivity contribution in [3.63, 3.8) is 0 Å². The summed E-state index contributed by atoms with van der Waals surface area (Å²) in [5.74, 6) is 0. The van der Waals surface area contributed by atoms with Crippen LogP contribution in [0.2, 0.25) is 0 Å². The van der Waals surface area contributed by atoms with E-state index in [4.69, 9.17) is 0 Å². The van der Waals surface area contributed by atoms with E-state index in [9.17, 15) is 0 Å². The fourth-order valence-electron chi connectivity index (χ4n) is 15.4. The van der Waals surface area contributed by atoms with Gasteiger partial charge in [0.15, 0.2) is 0 Å². The van der Waals surface area contributed by atoms with Gasteiger partial charge in [-0.3, -0.25) is 0 Å². The SMILES string of the molecule is Cc1ccc(N(c2ccc3c(c2)C(C)(C)c2cc(C=Cc4ccc5c6cccc7c(C=Cc8ccc9c(c8)C(C)(C)c8cc(N(c%10ccc(C)cc%10)c%10cccc%11ccccc%10%11)ccc8-9)ccc(c8cccc4c85)c76)ccc2-3)c2cccc3ccccc23)cc1. The van der Waals surface area contributed by atoms with Gasteiger partial charge in [0, 0.05) is 44.4 Å². The first-order valence-corrected chi connectivity index (χ1v) is 31.7. The second kappa shape index (κ2) is 20.4. The Labute approximate surface area is 526 Å². The number of rotatable bonds is 10. The van der Waals surface area contributed by atoms with E-state index in [2.05, 4.69) is 343 Å². The van der Waals surface area contributed by atoms with Crippen molar-refractivity contribution in [2.24, 2.45) is 0 Å². The summed E-state index contributed by atoms with van der Waals surface area (Å²) in [6.45, 7) is 13.9. The summed E-state index contributed by atoms with van der Waals surface area (Å²) in [4.78, 5) is 4.87. The minimum absolute atomic E-state index is 0.212. The topological polar surface area (TPSA) is 6.48 Å². The normalized spacial score (nSPS) is 13.8. The van der Waals surface area contributed by atoms with Gasteiger partial charge in [-0.2, -0.15) is 0 Å². The molecule has 0 unspecified atom stereocenters. The number of benzene rings is 15. The van der Waals surface area contributed by atoms with Crippen LogP contribution in [0.4, 0.5) is 34.1 Å². The third kappa shape index (κ3) is 8.39. The van der Waals surface area contributed by atoms with Crippen LogP contribution in [0.1, 0.15) is 83.3 Å². The Bertz CT molecular complexity index is 5130. The summed E-state index contributed by atoms with van der Waals surface area (Å²) in [6, 6.07) is 100. The zero-order valence-electron chi connectivity index (χ0n) is 51.6. The molecule has 0 heterocycles. The van der Waals surface area contributed by atoms with Crippen molar-refractivity contribution >= 4 is 123 Å². The Morgan fingerprint density at radius 3 is 1.03 bits per heavy atom. The maximum absolute atomic E-state index is 2.44. The minimum atomic E-state index is -0.212. The maximum Gasteiger partial charge on any atom is 0.0540 e. The monoisotopic (exact) mass is 1150 g/mol. The lowest BCUT2D eigenvalue weighted by molar-refractivity contribution is 0.660. The van der Waals surface area contributed by atoms with Gasteiger partial charge in [-0.1, -0.05) is 269 Å². The molecule has 2 aliphatic carbocycles. The molecule has 90 heavy (non-hydrogen) atoms. The first kappa shape index (κ1) is 53.4. The first-order valence-electron chi connectivity index (χ1n) is 31.7. The lowest BCUT2D eigenvalue weighted by atomic mass is 9.81. The Morgan fingerprint density at radius 2 is 0.600 bits per heavy atom. The summed E-state index contributed by atoms with van der Waals surface area (Å²) in [7, 11) is 0. The second-order valence-electron chi connectivity index (χ2n) is 26.2. The van der Waals surface area contributed by atoms with E-state index in [0.717, 1.165) is 22.7 Å². The molecular weight excluding hydrogens is 1080 g/mol. The Balaban J connectivity index is 0.669. The molecule has 0 radical (unpaired) electrons. The highest BCUT2D eigenvalue weighted by Gasteiger charge is 2.38. The summed E-state index contributed by atoms with van der Waals surface area (Å²) < 4.78 is 0. The summed E-state index contributed by atoms with van der Waals surface area (Å²) in [5, 5.41) is 15.3. The standard InChI is InChI=1S/C88H66N2/c1-55-27-39-63(40-28-55)89(83-25-11-17-59-15-7-9-19-67(59)83)65-43-49-73-71-45-33-57(51-79(71)87(3,4)81(73)53-65)31-35-61-37-47-77-76-24-14-22-70-62(38-48-78(86(70)76)75-23-13-21-69(61)85(75)77)36-32-58-34-46-72-74-50-44-66(54-82(74)88(5,6)80(72)52-58)90(64-41-29-56(2)30-42-64)84-26-12-18-60-16-8-10-20-68(60)84/h7-54H,1-6H3. The molecule has 0 atom stereocenters. The molecule has 2 nitrogen and oxygen atoms in total. The van der Waals surface area contributed by atoms with E-state index in [0.29, 0.717) is 0 Å². The number of fused-ring (bicyclic) bond motifs is 10. The van der Waals surface area contributed by atoms with Gasteiger partial charge in [-0.05, 0) is 195 Å². The lowest BCUT2D eigenvalue weighted by Gasteiger charge is -2.29. The van der Waals surface area contributed by atoms with Crippen molar-refractivity contribution in [2.45, 2.75) is 52.4 Å². The van der Waals surface area contributed by atoms with Gasteiger partial charge < -0.3 is 9.80 Å². The Kier molecular flexibility index (Phi) is 12.1. The Hall–Kier alpha value is -10.8. The van der Waals surface area contributed by atoms with Crippen molar-refractivity contribution in [2.75, 3.05) is 9.80 Å². The molecule has 2 heteroatoms. The molecular formula is C88H66N2. The van der Waals surface area contributed by atoms with E-state index in [1.54, 1.807) is 0 Å². The molecule has 0 bridgehead atoms. The second-order valence-corrected chi connectivity index (χ2v) is 26.2. The molecule has 0 saturated heterocycles. The van der Waals surface area contributed by atoms with Crippen LogP contribution in [0.5, 0.6) is 0 Å². The van der Waals surface area contributed by atoms with Crippen molar-refractivity contribution < 1.29 is 0 Å². The quantitative estimate of drug-likeness (QED) is 0.0765. The number of aryl methyl sites for hydroxylation is 2. The van der Waals surface area contributed by atoms with Crippen molar-refractivity contribution in [1.82, 2.24) is 0 Å². The summed E-state index contributed by atoms with van der Waals surface area (Å²) in [5.41, 5.74) is 24.5. The van der Waals surface area contributed by atoms with Crippen LogP contribution in [0.3, 0.4) is 0 Å². The fraction of sp³-hybridized carbons (Fsp3) is 0.0909. The van der Waals surface area contributed by atoms with Gasteiger partial charge >= 0.3 is 0 Å². The fourth-order valence-corrected chi connectivity index (χ4v) is 15.4. The molecule has 0 fully saturated rings. The van der Waals surface area contributed by atoms with Gasteiger partial charge in [0.2, 0.25) is 0 Å². The molecule has 0 aliphatic heterocycles. The third-order valence-corrected chi connectivity index (χ3v) is 20.1. The summed E-state index contributed by atoms with van der Waals surface area (Å²) >= 11 is 0. The van der Waals surface area contributed by atoms with Gasteiger partial charge in [-0.25, -0.2) is 0 Å². The highest BCUT2D eigenvalue weighted by atomic mass is 15.1. The van der Waals surface area contributed by atoms with Gasteiger partial charge in [0.25, 0.3) is 0 Å². The number of hydrogen-bond acceptors (Lipinski definition) is 2. The molecule has 0 saturated carbocycles. The molecule has 15 aromatic rings. The number of nitrogens with zero attached hydrogens (tertiary/aromatic N) is 2. The molecule has 0 aromatic heterocycles. The van der Waals surface area contributed by atoms with E-state index in [1.807, 2.05) is 0 Å². The average molecular weight is 1150 g/mol. The minimum Gasteiger partial charge on any atom is -0.310 e. The number of hydrogen-bond donors (Lipinski definition) is 0. The van der Waals surface area contributed by atoms with E-state index >= 15 is 0 Å². The van der Waals surface area contributed by atoms with Crippen LogP contribution in [0.15, 0.2) is 267 Å². The van der Waals surface area contributed by atoms with Gasteiger partial charge in [-0.15, -0.1) is 0 Å². The predicted octanol–water partition coefficient (Wildman–Crippen LogP) is 24.6. The van der Waals surface area contributed by atoms with E-state index in [-0.39, 0.29) is 10.8 Å². The molecule has 0 spiro atoms. The maximum atomic E-state index is 2.44. The van der Waals surface area contributed by atoms with Crippen LogP contribution in [-0.4, -0.2) is 0 Å². The van der Waals surface area contributed by atoms with Crippen LogP contribution in [0.25, 0.3) is 111 Å². The lowest BCUT2D eigenvalue weighted by Crippen LogP contribution is -2.17. The van der Waals surface area contributed by atoms with E-state index in [1.165, 1.54) is 154 Å². The molecule has 15 aromatic carbocycles. The first-order chi connectivity index (χ1) is 43.9. The highest BCUT2D eigenvalue weighted by molar-refractivity contribution is 6.34. The third-order valence-electron chi connectivity index (χ3n) is 20.1. The van der Waals surface area contributed by atoms with Crippen molar-refractivity contribution in [3.8, 4) is 22.3 Å². The van der Waals surface area contributed by atoms with E-state index < -0.39 is 0 Å². The van der Waals surface area contributed by atoms with Crippen LogP contribution < -0.4 is 9.80 Å². The van der Waals surface area contributed by atoms with Crippen LogP contribution in [-0.2, 0) is 10.8 Å². The molecule has 2 aliphatic rings. The summed E-state index contributed by atoms with van der Waals surface area (Å²) in [6.07, 6.45) is 9.29.